The Hall–Kier alpha value is -2.77. The molecule has 4 N–H and O–H groups in total. The first-order valence-electron chi connectivity index (χ1n) is 5.72. The molecule has 2 rings (SSSR count). The van der Waals surface area contributed by atoms with E-state index in [0.29, 0.717) is 0 Å². The van der Waals surface area contributed by atoms with Gasteiger partial charge < -0.3 is 25.5 Å². The standard InChI is InChI=1S/C12H12N2O6/c15-7-1-6(2-8(16)3-7)11(18)14-5-10(17)13-4-9(14)12(19)20/h1-3,9,15-16H,4-5H2,(H,13,17)(H,19,20). The van der Waals surface area contributed by atoms with Crippen LogP contribution in [0.5, 0.6) is 11.5 Å². The van der Waals surface area contributed by atoms with E-state index in [1.807, 2.05) is 0 Å². The molecule has 20 heavy (non-hydrogen) atoms. The predicted octanol–water partition coefficient (Wildman–Crippen LogP) is -0.877. The van der Waals surface area contributed by atoms with Crippen LogP contribution in [-0.2, 0) is 9.59 Å². The third-order valence-corrected chi connectivity index (χ3v) is 2.88. The number of carbonyl (C=O) groups excluding carboxylic acids is 2. The number of carboxylic acid groups (broad SMARTS) is 1. The van der Waals surface area contributed by atoms with Crippen molar-refractivity contribution in [3.05, 3.63) is 23.8 Å². The molecule has 0 saturated carbocycles. The molecule has 1 fully saturated rings. The largest absolute Gasteiger partial charge is 0.508 e. The number of amides is 2. The third-order valence-electron chi connectivity index (χ3n) is 2.88. The third kappa shape index (κ3) is 2.63. The van der Waals surface area contributed by atoms with Crippen LogP contribution in [0.1, 0.15) is 10.4 Å². The van der Waals surface area contributed by atoms with Crippen LogP contribution in [0.4, 0.5) is 0 Å². The van der Waals surface area contributed by atoms with Crippen LogP contribution in [0.3, 0.4) is 0 Å². The summed E-state index contributed by atoms with van der Waals surface area (Å²) in [4.78, 5) is 35.5. The molecule has 0 bridgehead atoms. The number of phenols is 2. The van der Waals surface area contributed by atoms with Crippen molar-refractivity contribution >= 4 is 17.8 Å². The van der Waals surface area contributed by atoms with Crippen molar-refractivity contribution in [3.8, 4) is 11.5 Å². The van der Waals surface area contributed by atoms with Crippen molar-refractivity contribution in [2.75, 3.05) is 13.1 Å². The number of aliphatic carboxylic acids is 1. The number of nitrogens with zero attached hydrogens (tertiary/aromatic N) is 1. The van der Waals surface area contributed by atoms with Gasteiger partial charge >= 0.3 is 5.97 Å². The molecular weight excluding hydrogens is 268 g/mol. The van der Waals surface area contributed by atoms with Crippen LogP contribution in [0.25, 0.3) is 0 Å². The number of carboxylic acids is 1. The van der Waals surface area contributed by atoms with Crippen molar-refractivity contribution < 1.29 is 29.7 Å². The lowest BCUT2D eigenvalue weighted by Crippen LogP contribution is -2.59. The van der Waals surface area contributed by atoms with Gasteiger partial charge in [-0.25, -0.2) is 4.79 Å². The van der Waals surface area contributed by atoms with Crippen molar-refractivity contribution in [1.29, 1.82) is 0 Å². The molecule has 0 radical (unpaired) electrons. The molecule has 0 spiro atoms. The van der Waals surface area contributed by atoms with Gasteiger partial charge in [-0.3, -0.25) is 9.59 Å². The van der Waals surface area contributed by atoms with E-state index < -0.39 is 30.4 Å². The average molecular weight is 280 g/mol. The molecule has 1 unspecified atom stereocenters. The van der Waals surface area contributed by atoms with Crippen LogP contribution in [-0.4, -0.2) is 57.1 Å². The van der Waals surface area contributed by atoms with Crippen molar-refractivity contribution in [3.63, 3.8) is 0 Å². The Morgan fingerprint density at radius 3 is 2.35 bits per heavy atom. The summed E-state index contributed by atoms with van der Waals surface area (Å²) in [5.74, 6) is -3.13. The molecule has 8 heteroatoms. The summed E-state index contributed by atoms with van der Waals surface area (Å²) >= 11 is 0. The van der Waals surface area contributed by atoms with E-state index in [4.69, 9.17) is 5.11 Å². The Labute approximate surface area is 113 Å². The first-order chi connectivity index (χ1) is 9.38. The Morgan fingerprint density at radius 2 is 1.80 bits per heavy atom. The molecule has 0 aromatic heterocycles. The predicted molar refractivity (Wildman–Crippen MR) is 65.2 cm³/mol. The summed E-state index contributed by atoms with van der Waals surface area (Å²) in [7, 11) is 0. The van der Waals surface area contributed by atoms with E-state index in [1.54, 1.807) is 0 Å². The zero-order valence-electron chi connectivity index (χ0n) is 10.2. The van der Waals surface area contributed by atoms with E-state index >= 15 is 0 Å². The molecule has 1 saturated heterocycles. The van der Waals surface area contributed by atoms with E-state index in [9.17, 15) is 24.6 Å². The summed E-state index contributed by atoms with van der Waals surface area (Å²) < 4.78 is 0. The Balaban J connectivity index is 2.33. The molecule has 2 amide bonds. The number of piperazine rings is 1. The quantitative estimate of drug-likeness (QED) is 0.557. The second-order valence-corrected chi connectivity index (χ2v) is 4.33. The number of hydrogen-bond donors (Lipinski definition) is 4. The van der Waals surface area contributed by atoms with Crippen molar-refractivity contribution in [2.45, 2.75) is 6.04 Å². The highest BCUT2D eigenvalue weighted by Gasteiger charge is 2.35. The Bertz CT molecular complexity index is 565. The average Bonchev–Trinajstić information content (AvgIpc) is 2.36. The number of benzene rings is 1. The first kappa shape index (κ1) is 13.7. The highest BCUT2D eigenvalue weighted by molar-refractivity contribution is 6.00. The maximum absolute atomic E-state index is 12.2. The fourth-order valence-corrected chi connectivity index (χ4v) is 1.96. The molecule has 8 nitrogen and oxygen atoms in total. The van der Waals surface area contributed by atoms with Gasteiger partial charge in [0.25, 0.3) is 5.91 Å². The molecule has 1 aromatic rings. The summed E-state index contributed by atoms with van der Waals surface area (Å²) in [5.41, 5.74) is -0.0940. The van der Waals surface area contributed by atoms with Gasteiger partial charge in [0, 0.05) is 18.2 Å². The van der Waals surface area contributed by atoms with E-state index in [-0.39, 0.29) is 23.6 Å². The number of phenolic OH excluding ortho intramolecular Hbond substituents is 2. The zero-order valence-corrected chi connectivity index (χ0v) is 10.2. The summed E-state index contributed by atoms with van der Waals surface area (Å²) in [6.45, 7) is -0.586. The second-order valence-electron chi connectivity index (χ2n) is 4.33. The second kappa shape index (κ2) is 5.08. The Morgan fingerprint density at radius 1 is 1.20 bits per heavy atom. The SMILES string of the molecule is O=C1CN(C(=O)c2cc(O)cc(O)c2)C(C(=O)O)CN1. The Kier molecular flexibility index (Phi) is 3.47. The fraction of sp³-hybridized carbons (Fsp3) is 0.250. The minimum atomic E-state index is -1.25. The van der Waals surface area contributed by atoms with Crippen LogP contribution >= 0.6 is 0 Å². The zero-order chi connectivity index (χ0) is 14.9. The fourth-order valence-electron chi connectivity index (χ4n) is 1.96. The van der Waals surface area contributed by atoms with E-state index in [2.05, 4.69) is 5.32 Å². The normalized spacial score (nSPS) is 18.5. The van der Waals surface area contributed by atoms with Gasteiger partial charge in [0.2, 0.25) is 5.91 Å². The van der Waals surface area contributed by atoms with E-state index in [0.717, 1.165) is 23.1 Å². The molecule has 1 aromatic carbocycles. The smallest absolute Gasteiger partial charge is 0.328 e. The van der Waals surface area contributed by atoms with E-state index in [1.165, 1.54) is 0 Å². The van der Waals surface area contributed by atoms with Gasteiger partial charge in [0.05, 0.1) is 0 Å². The molecule has 1 aliphatic heterocycles. The molecule has 106 valence electrons. The van der Waals surface area contributed by atoms with Crippen molar-refractivity contribution in [1.82, 2.24) is 10.2 Å². The lowest BCUT2D eigenvalue weighted by atomic mass is 10.1. The molecule has 1 atom stereocenters. The number of nitrogens with one attached hydrogen (secondary N) is 1. The van der Waals surface area contributed by atoms with Gasteiger partial charge in [-0.15, -0.1) is 0 Å². The first-order valence-corrected chi connectivity index (χ1v) is 5.72. The molecule has 0 aliphatic carbocycles. The summed E-state index contributed by atoms with van der Waals surface area (Å²) in [6.07, 6.45) is 0. The van der Waals surface area contributed by atoms with Crippen LogP contribution in [0.15, 0.2) is 18.2 Å². The minimum absolute atomic E-state index is 0.0940. The monoisotopic (exact) mass is 280 g/mol. The van der Waals surface area contributed by atoms with Gasteiger partial charge in [0.15, 0.2) is 0 Å². The maximum atomic E-state index is 12.2. The summed E-state index contributed by atoms with van der Waals surface area (Å²) in [6, 6.07) is 2.03. The van der Waals surface area contributed by atoms with Crippen LogP contribution in [0.2, 0.25) is 0 Å². The lowest BCUT2D eigenvalue weighted by molar-refractivity contribution is -0.144. The number of carbonyl (C=O) groups is 3. The number of rotatable bonds is 2. The molecule has 1 aliphatic rings. The topological polar surface area (TPSA) is 127 Å². The van der Waals surface area contributed by atoms with Gasteiger partial charge in [-0.2, -0.15) is 0 Å². The highest BCUT2D eigenvalue weighted by atomic mass is 16.4. The number of hydrogen-bond acceptors (Lipinski definition) is 5. The minimum Gasteiger partial charge on any atom is -0.508 e. The lowest BCUT2D eigenvalue weighted by Gasteiger charge is -2.32. The molecule has 1 heterocycles. The molecular formula is C12H12N2O6. The van der Waals surface area contributed by atoms with Crippen LogP contribution in [0, 0.1) is 0 Å². The van der Waals surface area contributed by atoms with Crippen molar-refractivity contribution in [2.24, 2.45) is 0 Å². The number of aromatic hydroxyl groups is 2. The summed E-state index contributed by atoms with van der Waals surface area (Å²) in [5, 5.41) is 30.1. The van der Waals surface area contributed by atoms with Gasteiger partial charge in [-0.1, -0.05) is 0 Å². The van der Waals surface area contributed by atoms with Gasteiger partial charge in [0.1, 0.15) is 24.1 Å². The highest BCUT2D eigenvalue weighted by Crippen LogP contribution is 2.22. The van der Waals surface area contributed by atoms with Gasteiger partial charge in [-0.05, 0) is 12.1 Å². The maximum Gasteiger partial charge on any atom is 0.328 e. The van der Waals surface area contributed by atoms with Crippen LogP contribution < -0.4 is 5.32 Å².